The Morgan fingerprint density at radius 3 is 2.52 bits per heavy atom. The molecule has 0 N–H and O–H groups in total. The lowest BCUT2D eigenvalue weighted by Gasteiger charge is -2.47. The molecule has 3 rings (SSSR count). The number of piperidine rings is 2. The van der Waals surface area contributed by atoms with Crippen LogP contribution in [0, 0.1) is 19.8 Å². The zero-order valence-electron chi connectivity index (χ0n) is 15.5. The fraction of sp³-hybridized carbons (Fsp3) is 0.600. The molecule has 0 aromatic heterocycles. The molecule has 0 saturated carbocycles. The molecule has 5 heteroatoms. The van der Waals surface area contributed by atoms with E-state index >= 15 is 0 Å². The first-order valence-corrected chi connectivity index (χ1v) is 9.15. The van der Waals surface area contributed by atoms with E-state index in [0.717, 1.165) is 49.0 Å². The van der Waals surface area contributed by atoms with Gasteiger partial charge in [-0.05, 0) is 51.2 Å². The van der Waals surface area contributed by atoms with Gasteiger partial charge in [0, 0.05) is 38.3 Å². The van der Waals surface area contributed by atoms with Gasteiger partial charge in [-0.15, -0.1) is 0 Å². The van der Waals surface area contributed by atoms with Gasteiger partial charge >= 0.3 is 0 Å². The van der Waals surface area contributed by atoms with Gasteiger partial charge in [0.15, 0.2) is 0 Å². The van der Waals surface area contributed by atoms with Crippen LogP contribution in [0.3, 0.4) is 0 Å². The largest absolute Gasteiger partial charge is 0.375 e. The Hall–Kier alpha value is -1.88. The Kier molecular flexibility index (Phi) is 5.42. The molecule has 25 heavy (non-hydrogen) atoms. The van der Waals surface area contributed by atoms with Crippen molar-refractivity contribution < 1.29 is 14.3 Å². The van der Waals surface area contributed by atoms with Crippen molar-refractivity contribution in [3.63, 3.8) is 0 Å². The number of likely N-dealkylation sites (tertiary alicyclic amines) is 2. The SMILES string of the molecule is COCC(=O)N1CC[C@H]2[C@H](CCCN2C(=O)c2cc(C)cc(C)c2)C1. The van der Waals surface area contributed by atoms with E-state index in [-0.39, 0.29) is 24.5 Å². The second kappa shape index (κ2) is 7.56. The Balaban J connectivity index is 1.73. The van der Waals surface area contributed by atoms with Crippen LogP contribution in [0.1, 0.15) is 40.7 Å². The number of aryl methyl sites for hydroxylation is 2. The number of carbonyl (C=O) groups excluding carboxylic acids is 2. The van der Waals surface area contributed by atoms with E-state index in [1.807, 2.05) is 30.9 Å². The second-order valence-electron chi connectivity index (χ2n) is 7.41. The average molecular weight is 344 g/mol. The number of methoxy groups -OCH3 is 1. The van der Waals surface area contributed by atoms with Crippen LogP contribution in [0.4, 0.5) is 0 Å². The molecule has 1 aromatic carbocycles. The molecule has 0 spiro atoms. The molecule has 5 nitrogen and oxygen atoms in total. The summed E-state index contributed by atoms with van der Waals surface area (Å²) in [5.41, 5.74) is 3.03. The van der Waals surface area contributed by atoms with Crippen molar-refractivity contribution in [2.45, 2.75) is 39.2 Å². The summed E-state index contributed by atoms with van der Waals surface area (Å²) in [5, 5.41) is 0. The maximum Gasteiger partial charge on any atom is 0.254 e. The fourth-order valence-corrected chi connectivity index (χ4v) is 4.36. The second-order valence-corrected chi connectivity index (χ2v) is 7.41. The standard InChI is InChI=1S/C20H28N2O3/c1-14-9-15(2)11-17(10-14)20(24)22-7-4-5-16-12-21(8-6-18(16)22)19(23)13-25-3/h9-11,16,18H,4-8,12-13H2,1-3H3/t16-,18+/m1/s1. The minimum atomic E-state index is 0.0544. The summed E-state index contributed by atoms with van der Waals surface area (Å²) < 4.78 is 4.98. The van der Waals surface area contributed by atoms with Gasteiger partial charge in [-0.1, -0.05) is 17.2 Å². The Labute approximate surface area is 149 Å². The smallest absolute Gasteiger partial charge is 0.254 e. The molecular formula is C20H28N2O3. The summed E-state index contributed by atoms with van der Waals surface area (Å²) in [6.45, 7) is 6.47. The van der Waals surface area contributed by atoms with E-state index in [1.54, 1.807) is 7.11 Å². The zero-order chi connectivity index (χ0) is 18.0. The Bertz CT molecular complexity index is 638. The van der Waals surface area contributed by atoms with E-state index in [2.05, 4.69) is 11.0 Å². The highest BCUT2D eigenvalue weighted by Gasteiger charge is 2.39. The number of hydrogen-bond acceptors (Lipinski definition) is 3. The molecule has 0 radical (unpaired) electrons. The number of rotatable bonds is 3. The number of nitrogens with zero attached hydrogens (tertiary/aromatic N) is 2. The van der Waals surface area contributed by atoms with Crippen LogP contribution >= 0.6 is 0 Å². The number of amides is 2. The maximum absolute atomic E-state index is 13.1. The first-order chi connectivity index (χ1) is 12.0. The third-order valence-electron chi connectivity index (χ3n) is 5.42. The highest BCUT2D eigenvalue weighted by atomic mass is 16.5. The highest BCUT2D eigenvalue weighted by Crippen LogP contribution is 2.32. The topological polar surface area (TPSA) is 49.9 Å². The predicted octanol–water partition coefficient (Wildman–Crippen LogP) is 2.40. The Morgan fingerprint density at radius 2 is 1.84 bits per heavy atom. The first-order valence-electron chi connectivity index (χ1n) is 9.15. The van der Waals surface area contributed by atoms with Gasteiger partial charge < -0.3 is 14.5 Å². The first kappa shape index (κ1) is 17.9. The number of benzene rings is 1. The van der Waals surface area contributed by atoms with Crippen LogP contribution in [-0.2, 0) is 9.53 Å². The van der Waals surface area contributed by atoms with Gasteiger partial charge in [0.25, 0.3) is 5.91 Å². The summed E-state index contributed by atoms with van der Waals surface area (Å²) in [6.07, 6.45) is 2.94. The molecule has 1 aromatic rings. The lowest BCUT2D eigenvalue weighted by molar-refractivity contribution is -0.138. The summed E-state index contributed by atoms with van der Waals surface area (Å²) in [6, 6.07) is 6.30. The molecule has 2 amide bonds. The monoisotopic (exact) mass is 344 g/mol. The van der Waals surface area contributed by atoms with E-state index in [4.69, 9.17) is 4.74 Å². The fourth-order valence-electron chi connectivity index (χ4n) is 4.36. The predicted molar refractivity (Wildman–Crippen MR) is 96.5 cm³/mol. The van der Waals surface area contributed by atoms with E-state index in [0.29, 0.717) is 12.5 Å². The van der Waals surface area contributed by atoms with Gasteiger partial charge in [-0.25, -0.2) is 0 Å². The van der Waals surface area contributed by atoms with Gasteiger partial charge in [0.1, 0.15) is 6.61 Å². The molecule has 2 saturated heterocycles. The van der Waals surface area contributed by atoms with Crippen molar-refractivity contribution in [2.24, 2.45) is 5.92 Å². The molecule has 136 valence electrons. The molecule has 2 heterocycles. The van der Waals surface area contributed by atoms with E-state index in [1.165, 1.54) is 0 Å². The van der Waals surface area contributed by atoms with Crippen LogP contribution in [-0.4, -0.2) is 61.0 Å². The normalized spacial score (nSPS) is 23.3. The van der Waals surface area contributed by atoms with Crippen LogP contribution in [0.25, 0.3) is 0 Å². The van der Waals surface area contributed by atoms with Crippen molar-refractivity contribution in [1.29, 1.82) is 0 Å². The van der Waals surface area contributed by atoms with E-state index < -0.39 is 0 Å². The van der Waals surface area contributed by atoms with Crippen LogP contribution < -0.4 is 0 Å². The summed E-state index contributed by atoms with van der Waals surface area (Å²) >= 11 is 0. The molecule has 0 unspecified atom stereocenters. The van der Waals surface area contributed by atoms with Crippen molar-refractivity contribution >= 4 is 11.8 Å². The minimum Gasteiger partial charge on any atom is -0.375 e. The molecule has 2 atom stereocenters. The number of fused-ring (bicyclic) bond motifs is 1. The van der Waals surface area contributed by atoms with Crippen LogP contribution in [0.5, 0.6) is 0 Å². The van der Waals surface area contributed by atoms with Crippen molar-refractivity contribution in [1.82, 2.24) is 9.80 Å². The third kappa shape index (κ3) is 3.87. The van der Waals surface area contributed by atoms with Gasteiger partial charge in [-0.2, -0.15) is 0 Å². The average Bonchev–Trinajstić information content (AvgIpc) is 2.59. The maximum atomic E-state index is 13.1. The molecule has 0 aliphatic carbocycles. The molecule has 2 aliphatic rings. The van der Waals surface area contributed by atoms with Gasteiger partial charge in [0.05, 0.1) is 0 Å². The summed E-state index contributed by atoms with van der Waals surface area (Å²) in [5.74, 6) is 0.565. The van der Waals surface area contributed by atoms with Crippen molar-refractivity contribution in [3.05, 3.63) is 34.9 Å². The van der Waals surface area contributed by atoms with Gasteiger partial charge in [-0.3, -0.25) is 9.59 Å². The molecular weight excluding hydrogens is 316 g/mol. The molecule has 2 fully saturated rings. The van der Waals surface area contributed by atoms with Crippen LogP contribution in [0.2, 0.25) is 0 Å². The number of carbonyl (C=O) groups is 2. The van der Waals surface area contributed by atoms with Crippen molar-refractivity contribution in [3.8, 4) is 0 Å². The van der Waals surface area contributed by atoms with Gasteiger partial charge in [0.2, 0.25) is 5.91 Å². The number of hydrogen-bond donors (Lipinski definition) is 0. The number of ether oxygens (including phenoxy) is 1. The Morgan fingerprint density at radius 1 is 1.12 bits per heavy atom. The summed E-state index contributed by atoms with van der Waals surface area (Å²) in [4.78, 5) is 29.2. The summed E-state index contributed by atoms with van der Waals surface area (Å²) in [7, 11) is 1.55. The molecule has 0 bridgehead atoms. The minimum absolute atomic E-state index is 0.0544. The van der Waals surface area contributed by atoms with Crippen molar-refractivity contribution in [2.75, 3.05) is 33.4 Å². The highest BCUT2D eigenvalue weighted by molar-refractivity contribution is 5.95. The zero-order valence-corrected chi connectivity index (χ0v) is 15.5. The lowest BCUT2D eigenvalue weighted by atomic mass is 9.83. The molecule has 2 aliphatic heterocycles. The van der Waals surface area contributed by atoms with E-state index in [9.17, 15) is 9.59 Å². The third-order valence-corrected chi connectivity index (χ3v) is 5.42. The lowest BCUT2D eigenvalue weighted by Crippen LogP contribution is -2.57. The van der Waals surface area contributed by atoms with Crippen LogP contribution in [0.15, 0.2) is 18.2 Å². The quantitative estimate of drug-likeness (QED) is 0.846.